The first kappa shape index (κ1) is 70.1. The molecule has 0 aromatic carbocycles. The van der Waals surface area contributed by atoms with Crippen LogP contribution in [0.5, 0.6) is 0 Å². The van der Waals surface area contributed by atoms with Gasteiger partial charge >= 0.3 is 17.9 Å². The second kappa shape index (κ2) is 61.7. The molecule has 73 heavy (non-hydrogen) atoms. The maximum atomic E-state index is 12.7. The van der Waals surface area contributed by atoms with Gasteiger partial charge in [0, 0.05) is 19.3 Å². The van der Waals surface area contributed by atoms with Crippen LogP contribution in [0.25, 0.3) is 0 Å². The zero-order valence-electron chi connectivity index (χ0n) is 48.7. The number of hydrogen-bond acceptors (Lipinski definition) is 6. The SMILES string of the molecule is CC/C=C\C/C=C\C/C=C\C/C=C\CCC(=O)OC(COC(=O)CCCCCCCCC)COC(=O)CCCCCCCCCCCCCCCCCCCCCCCCC/C=C\CCCCCCCCCC. The van der Waals surface area contributed by atoms with Crippen molar-refractivity contribution in [2.24, 2.45) is 0 Å². The number of hydrogen-bond donors (Lipinski definition) is 0. The van der Waals surface area contributed by atoms with Crippen LogP contribution in [0.3, 0.4) is 0 Å². The topological polar surface area (TPSA) is 78.9 Å². The van der Waals surface area contributed by atoms with Gasteiger partial charge < -0.3 is 14.2 Å². The number of esters is 3. The van der Waals surface area contributed by atoms with E-state index in [2.05, 4.69) is 69.4 Å². The molecule has 0 aliphatic heterocycles. The first-order valence-electron chi connectivity index (χ1n) is 31.8. The molecule has 0 saturated carbocycles. The van der Waals surface area contributed by atoms with Crippen LogP contribution in [0.2, 0.25) is 0 Å². The van der Waals surface area contributed by atoms with Crippen LogP contribution in [-0.4, -0.2) is 37.2 Å². The summed E-state index contributed by atoms with van der Waals surface area (Å²) in [5.74, 6) is -0.978. The lowest BCUT2D eigenvalue weighted by atomic mass is 10.0. The van der Waals surface area contributed by atoms with Crippen molar-refractivity contribution in [3.63, 3.8) is 0 Å². The molecule has 0 rings (SSSR count). The number of allylic oxidation sites excluding steroid dienone is 10. The van der Waals surface area contributed by atoms with E-state index in [-0.39, 0.29) is 37.5 Å². The van der Waals surface area contributed by atoms with Crippen molar-refractivity contribution in [2.45, 2.75) is 335 Å². The van der Waals surface area contributed by atoms with Crippen LogP contribution in [0.15, 0.2) is 60.8 Å². The molecule has 0 fully saturated rings. The van der Waals surface area contributed by atoms with Gasteiger partial charge in [-0.2, -0.15) is 0 Å². The van der Waals surface area contributed by atoms with Gasteiger partial charge in [0.1, 0.15) is 13.2 Å². The van der Waals surface area contributed by atoms with Crippen molar-refractivity contribution in [1.82, 2.24) is 0 Å². The second-order valence-corrected chi connectivity index (χ2v) is 21.3. The van der Waals surface area contributed by atoms with E-state index in [4.69, 9.17) is 14.2 Å². The summed E-state index contributed by atoms with van der Waals surface area (Å²) in [5, 5.41) is 0. The first-order valence-corrected chi connectivity index (χ1v) is 31.8. The Kier molecular flexibility index (Phi) is 59.2. The lowest BCUT2D eigenvalue weighted by Gasteiger charge is -2.18. The zero-order valence-corrected chi connectivity index (χ0v) is 48.7. The quantitative estimate of drug-likeness (QED) is 0.0261. The Morgan fingerprint density at radius 3 is 0.890 bits per heavy atom. The summed E-state index contributed by atoms with van der Waals surface area (Å²) in [4.78, 5) is 37.8. The molecule has 1 unspecified atom stereocenters. The fourth-order valence-electron chi connectivity index (χ4n) is 9.28. The van der Waals surface area contributed by atoms with E-state index < -0.39 is 6.10 Å². The molecule has 0 radical (unpaired) electrons. The minimum absolute atomic E-state index is 0.0994. The van der Waals surface area contributed by atoms with E-state index in [1.807, 2.05) is 12.2 Å². The van der Waals surface area contributed by atoms with Crippen LogP contribution < -0.4 is 0 Å². The third-order valence-corrected chi connectivity index (χ3v) is 14.0. The number of ether oxygens (including phenoxy) is 3. The van der Waals surface area contributed by atoms with Crippen LogP contribution in [0, 0.1) is 0 Å². The van der Waals surface area contributed by atoms with E-state index in [0.29, 0.717) is 19.3 Å². The molecule has 0 bridgehead atoms. The maximum absolute atomic E-state index is 12.7. The van der Waals surface area contributed by atoms with E-state index in [9.17, 15) is 14.4 Å². The van der Waals surface area contributed by atoms with Gasteiger partial charge in [-0.1, -0.05) is 300 Å². The highest BCUT2D eigenvalue weighted by Gasteiger charge is 2.19. The first-order chi connectivity index (χ1) is 36.0. The highest BCUT2D eigenvalue weighted by atomic mass is 16.6. The van der Waals surface area contributed by atoms with E-state index in [0.717, 1.165) is 64.2 Å². The van der Waals surface area contributed by atoms with Crippen LogP contribution in [0.1, 0.15) is 329 Å². The monoisotopic (exact) mass is 1020 g/mol. The molecule has 0 spiro atoms. The summed E-state index contributed by atoms with van der Waals surface area (Å²) in [7, 11) is 0. The van der Waals surface area contributed by atoms with Crippen LogP contribution >= 0.6 is 0 Å². The summed E-state index contributed by atoms with van der Waals surface area (Å²) in [6.45, 7) is 6.44. The van der Waals surface area contributed by atoms with E-state index >= 15 is 0 Å². The van der Waals surface area contributed by atoms with Crippen molar-refractivity contribution >= 4 is 17.9 Å². The fraction of sp³-hybridized carbons (Fsp3) is 0.806. The largest absolute Gasteiger partial charge is 0.462 e. The molecule has 0 N–H and O–H groups in total. The number of rotatable bonds is 58. The van der Waals surface area contributed by atoms with E-state index in [1.54, 1.807) is 0 Å². The molecule has 6 nitrogen and oxygen atoms in total. The third-order valence-electron chi connectivity index (χ3n) is 14.0. The van der Waals surface area contributed by atoms with Crippen molar-refractivity contribution in [1.29, 1.82) is 0 Å². The molecule has 0 aromatic rings. The Hall–Kier alpha value is -2.89. The second-order valence-electron chi connectivity index (χ2n) is 21.3. The number of carbonyl (C=O) groups excluding carboxylic acids is 3. The minimum atomic E-state index is -0.807. The average molecular weight is 1020 g/mol. The van der Waals surface area contributed by atoms with Crippen molar-refractivity contribution in [2.75, 3.05) is 13.2 Å². The summed E-state index contributed by atoms with van der Waals surface area (Å²) in [6, 6.07) is 0. The van der Waals surface area contributed by atoms with Crippen molar-refractivity contribution in [3.8, 4) is 0 Å². The summed E-state index contributed by atoms with van der Waals surface area (Å²) >= 11 is 0. The zero-order chi connectivity index (χ0) is 52.9. The predicted molar refractivity (Wildman–Crippen MR) is 316 cm³/mol. The van der Waals surface area contributed by atoms with Gasteiger partial charge in [0.15, 0.2) is 6.10 Å². The molecule has 0 aromatic heterocycles. The Balaban J connectivity index is 3.92. The van der Waals surface area contributed by atoms with Crippen LogP contribution in [-0.2, 0) is 28.6 Å². The number of carbonyl (C=O) groups is 3. The molecule has 0 aliphatic carbocycles. The van der Waals surface area contributed by atoms with Crippen molar-refractivity contribution in [3.05, 3.63) is 60.8 Å². The molecule has 6 heteroatoms. The van der Waals surface area contributed by atoms with Gasteiger partial charge in [-0.3, -0.25) is 14.4 Å². The van der Waals surface area contributed by atoms with Gasteiger partial charge in [-0.15, -0.1) is 0 Å². The third kappa shape index (κ3) is 59.9. The van der Waals surface area contributed by atoms with Gasteiger partial charge in [0.2, 0.25) is 0 Å². The highest BCUT2D eigenvalue weighted by Crippen LogP contribution is 2.17. The lowest BCUT2D eigenvalue weighted by Crippen LogP contribution is -2.30. The summed E-state index contributed by atoms with van der Waals surface area (Å²) in [5.41, 5.74) is 0. The molecule has 424 valence electrons. The van der Waals surface area contributed by atoms with Gasteiger partial charge in [0.25, 0.3) is 0 Å². The van der Waals surface area contributed by atoms with Crippen LogP contribution in [0.4, 0.5) is 0 Å². The Morgan fingerprint density at radius 2 is 0.562 bits per heavy atom. The molecule has 0 aliphatic rings. The molecule has 0 saturated heterocycles. The van der Waals surface area contributed by atoms with Gasteiger partial charge in [-0.05, 0) is 70.6 Å². The molecule has 0 amide bonds. The summed E-state index contributed by atoms with van der Waals surface area (Å²) in [6.07, 6.45) is 78.8. The maximum Gasteiger partial charge on any atom is 0.306 e. The van der Waals surface area contributed by atoms with E-state index in [1.165, 1.54) is 218 Å². The van der Waals surface area contributed by atoms with Gasteiger partial charge in [-0.25, -0.2) is 0 Å². The lowest BCUT2D eigenvalue weighted by molar-refractivity contribution is -0.166. The van der Waals surface area contributed by atoms with Crippen molar-refractivity contribution < 1.29 is 28.6 Å². The molecule has 1 atom stereocenters. The molecular weight excluding hydrogens is 901 g/mol. The number of unbranched alkanes of at least 4 members (excludes halogenated alkanes) is 37. The highest BCUT2D eigenvalue weighted by molar-refractivity contribution is 5.71. The molecule has 0 heterocycles. The Morgan fingerprint density at radius 1 is 0.288 bits per heavy atom. The standard InChI is InChI=1S/C67H120O6/c1-4-7-10-13-16-18-20-22-23-24-25-26-27-28-29-30-31-32-33-34-35-36-37-38-39-40-41-42-43-45-46-48-51-54-57-60-66(69)72-63-64(62-71-65(68)59-56-53-50-15-12-9-6-3)73-67(70)61-58-55-52-49-47-44-21-19-17-14-11-8-5-2/h8,11,17,19,24-25,44,47,52,55,64H,4-7,9-10,12-16,18,20-23,26-43,45-46,48-51,53-54,56-63H2,1-3H3/b11-8-,19-17-,25-24-,47-44-,55-52-. The fourth-order valence-corrected chi connectivity index (χ4v) is 9.28. The smallest absolute Gasteiger partial charge is 0.306 e. The minimum Gasteiger partial charge on any atom is -0.462 e. The average Bonchev–Trinajstić information content (AvgIpc) is 3.39. The predicted octanol–water partition coefficient (Wildman–Crippen LogP) is 21.6. The normalized spacial score (nSPS) is 12.4. The molecular formula is C67H120O6. The Labute approximate surface area is 453 Å². The summed E-state index contributed by atoms with van der Waals surface area (Å²) < 4.78 is 16.7. The Bertz CT molecular complexity index is 1310. The van der Waals surface area contributed by atoms with Gasteiger partial charge in [0.05, 0.1) is 0 Å².